The van der Waals surface area contributed by atoms with E-state index in [1.165, 1.54) is 33.1 Å². The first-order valence-corrected chi connectivity index (χ1v) is 9.47. The summed E-state index contributed by atoms with van der Waals surface area (Å²) < 4.78 is 33.5. The average molecular weight is 391 g/mol. The molecule has 3 N–H and O–H groups in total. The molecule has 2 aromatic carbocycles. The highest BCUT2D eigenvalue weighted by atomic mass is 32.2. The van der Waals surface area contributed by atoms with Crippen molar-refractivity contribution in [2.75, 3.05) is 22.5 Å². The first kappa shape index (κ1) is 20.2. The topological polar surface area (TPSA) is 114 Å². The van der Waals surface area contributed by atoms with Gasteiger partial charge in [0, 0.05) is 25.2 Å². The van der Waals surface area contributed by atoms with Gasteiger partial charge in [0.2, 0.25) is 11.8 Å². The van der Waals surface area contributed by atoms with E-state index in [-0.39, 0.29) is 22.4 Å². The summed E-state index contributed by atoms with van der Waals surface area (Å²) >= 11 is 0. The lowest BCUT2D eigenvalue weighted by molar-refractivity contribution is -0.115. The molecule has 0 saturated carbocycles. The maximum absolute atomic E-state index is 12.9. The van der Waals surface area contributed by atoms with E-state index >= 15 is 0 Å². The Kier molecular flexibility index (Phi) is 6.06. The summed E-state index contributed by atoms with van der Waals surface area (Å²) in [7, 11) is -2.56. The van der Waals surface area contributed by atoms with Crippen molar-refractivity contribution in [3.05, 3.63) is 42.0 Å². The Labute approximate surface area is 158 Å². The minimum Gasteiger partial charge on any atom is -0.495 e. The van der Waals surface area contributed by atoms with Crippen LogP contribution in [0.4, 0.5) is 17.1 Å². The van der Waals surface area contributed by atoms with Gasteiger partial charge in [-0.1, -0.05) is 6.07 Å². The number of carbonyl (C=O) groups is 2. The van der Waals surface area contributed by atoms with Crippen molar-refractivity contribution in [1.29, 1.82) is 0 Å². The van der Waals surface area contributed by atoms with Gasteiger partial charge in [-0.3, -0.25) is 14.3 Å². The molecule has 0 aliphatic carbocycles. The molecule has 0 aliphatic heterocycles. The van der Waals surface area contributed by atoms with Crippen molar-refractivity contribution >= 4 is 38.9 Å². The molecule has 2 aromatic rings. The van der Waals surface area contributed by atoms with E-state index in [1.54, 1.807) is 31.2 Å². The summed E-state index contributed by atoms with van der Waals surface area (Å²) in [5.41, 5.74) is 1.47. The Morgan fingerprint density at radius 2 is 1.48 bits per heavy atom. The number of nitrogens with one attached hydrogen (secondary N) is 3. The normalized spacial score (nSPS) is 10.8. The fraction of sp³-hybridized carbons (Fsp3) is 0.222. The van der Waals surface area contributed by atoms with Gasteiger partial charge in [0.15, 0.2) is 0 Å². The second-order valence-electron chi connectivity index (χ2n) is 5.86. The number of aryl methyl sites for hydroxylation is 1. The van der Waals surface area contributed by atoms with Crippen LogP contribution in [0.2, 0.25) is 0 Å². The van der Waals surface area contributed by atoms with Crippen LogP contribution in [0.25, 0.3) is 0 Å². The van der Waals surface area contributed by atoms with Crippen molar-refractivity contribution < 1.29 is 22.7 Å². The number of hydrogen-bond acceptors (Lipinski definition) is 5. The molecule has 8 nitrogen and oxygen atoms in total. The van der Waals surface area contributed by atoms with Crippen LogP contribution in [0, 0.1) is 6.92 Å². The molecular weight excluding hydrogens is 370 g/mol. The maximum atomic E-state index is 12.9. The Morgan fingerprint density at radius 1 is 0.926 bits per heavy atom. The number of methoxy groups -OCH3 is 1. The Morgan fingerprint density at radius 3 is 2.04 bits per heavy atom. The molecule has 0 fully saturated rings. The zero-order valence-electron chi connectivity index (χ0n) is 15.4. The molecule has 0 aliphatic rings. The van der Waals surface area contributed by atoms with Crippen molar-refractivity contribution in [2.45, 2.75) is 25.7 Å². The SMILES string of the molecule is COc1ccc(NC(C)=O)cc1NS(=O)(=O)c1cc(NC(C)=O)ccc1C. The van der Waals surface area contributed by atoms with Crippen LogP contribution in [0.5, 0.6) is 5.75 Å². The monoisotopic (exact) mass is 391 g/mol. The van der Waals surface area contributed by atoms with Crippen LogP contribution in [-0.2, 0) is 19.6 Å². The van der Waals surface area contributed by atoms with Gasteiger partial charge in [0.25, 0.3) is 10.0 Å². The smallest absolute Gasteiger partial charge is 0.262 e. The number of benzene rings is 2. The zero-order valence-corrected chi connectivity index (χ0v) is 16.2. The van der Waals surface area contributed by atoms with E-state index in [0.29, 0.717) is 22.7 Å². The second-order valence-corrected chi connectivity index (χ2v) is 7.51. The molecule has 0 radical (unpaired) electrons. The Balaban J connectivity index is 2.44. The van der Waals surface area contributed by atoms with Crippen LogP contribution in [0.1, 0.15) is 19.4 Å². The highest BCUT2D eigenvalue weighted by molar-refractivity contribution is 7.92. The molecule has 0 heterocycles. The highest BCUT2D eigenvalue weighted by Crippen LogP contribution is 2.31. The lowest BCUT2D eigenvalue weighted by Crippen LogP contribution is -2.16. The fourth-order valence-electron chi connectivity index (χ4n) is 2.44. The predicted molar refractivity (Wildman–Crippen MR) is 104 cm³/mol. The van der Waals surface area contributed by atoms with Gasteiger partial charge in [-0.25, -0.2) is 8.42 Å². The van der Waals surface area contributed by atoms with Gasteiger partial charge in [0.05, 0.1) is 17.7 Å². The zero-order chi connectivity index (χ0) is 20.2. The first-order chi connectivity index (χ1) is 12.6. The van der Waals surface area contributed by atoms with Gasteiger partial charge in [-0.2, -0.15) is 0 Å². The van der Waals surface area contributed by atoms with Crippen LogP contribution in [-0.4, -0.2) is 27.3 Å². The minimum atomic E-state index is -3.97. The second kappa shape index (κ2) is 8.09. The van der Waals surface area contributed by atoms with Crippen molar-refractivity contribution in [3.63, 3.8) is 0 Å². The summed E-state index contributed by atoms with van der Waals surface area (Å²) in [6.07, 6.45) is 0. The lowest BCUT2D eigenvalue weighted by Gasteiger charge is -2.15. The summed E-state index contributed by atoms with van der Waals surface area (Å²) in [6.45, 7) is 4.34. The van der Waals surface area contributed by atoms with E-state index in [4.69, 9.17) is 4.74 Å². The van der Waals surface area contributed by atoms with E-state index in [0.717, 1.165) is 0 Å². The summed E-state index contributed by atoms with van der Waals surface area (Å²) in [5, 5.41) is 5.15. The van der Waals surface area contributed by atoms with E-state index in [2.05, 4.69) is 15.4 Å². The molecule has 0 spiro atoms. The standard InChI is InChI=1S/C18H21N3O5S/c1-11-5-6-15(20-13(3)23)10-18(11)27(24,25)21-16-9-14(19-12(2)22)7-8-17(16)26-4/h5-10,21H,1-4H3,(H,19,22)(H,20,23). The number of hydrogen-bond donors (Lipinski definition) is 3. The molecule has 144 valence electrons. The molecule has 27 heavy (non-hydrogen) atoms. The van der Waals surface area contributed by atoms with E-state index < -0.39 is 10.0 Å². The van der Waals surface area contributed by atoms with Gasteiger partial charge in [0.1, 0.15) is 5.75 Å². The predicted octanol–water partition coefficient (Wildman–Crippen LogP) is 2.72. The van der Waals surface area contributed by atoms with Crippen LogP contribution < -0.4 is 20.1 Å². The summed E-state index contributed by atoms with van der Waals surface area (Å²) in [5.74, 6) is -0.295. The molecule has 0 atom stereocenters. The van der Waals surface area contributed by atoms with Crippen molar-refractivity contribution in [3.8, 4) is 5.75 Å². The van der Waals surface area contributed by atoms with Gasteiger partial charge < -0.3 is 15.4 Å². The Hall–Kier alpha value is -3.07. The third-order valence-electron chi connectivity index (χ3n) is 3.56. The minimum absolute atomic E-state index is 0.0146. The summed E-state index contributed by atoms with van der Waals surface area (Å²) in [6, 6.07) is 9.21. The van der Waals surface area contributed by atoms with E-state index in [9.17, 15) is 18.0 Å². The van der Waals surface area contributed by atoms with Gasteiger partial charge in [-0.05, 0) is 42.8 Å². The van der Waals surface area contributed by atoms with Crippen LogP contribution in [0.15, 0.2) is 41.3 Å². The number of carbonyl (C=O) groups excluding carboxylic acids is 2. The van der Waals surface area contributed by atoms with E-state index in [1.807, 2.05) is 0 Å². The molecule has 0 saturated heterocycles. The molecule has 0 bridgehead atoms. The number of sulfonamides is 1. The third kappa shape index (κ3) is 5.20. The number of ether oxygens (including phenoxy) is 1. The quantitative estimate of drug-likeness (QED) is 0.701. The molecule has 2 amide bonds. The number of rotatable bonds is 6. The molecular formula is C18H21N3O5S. The lowest BCUT2D eigenvalue weighted by atomic mass is 10.2. The highest BCUT2D eigenvalue weighted by Gasteiger charge is 2.20. The largest absolute Gasteiger partial charge is 0.495 e. The molecule has 0 unspecified atom stereocenters. The average Bonchev–Trinajstić information content (AvgIpc) is 2.55. The van der Waals surface area contributed by atoms with Crippen LogP contribution in [0.3, 0.4) is 0 Å². The Bertz CT molecular complexity index is 986. The van der Waals surface area contributed by atoms with Gasteiger partial charge in [-0.15, -0.1) is 0 Å². The summed E-state index contributed by atoms with van der Waals surface area (Å²) in [4.78, 5) is 22.5. The molecule has 9 heteroatoms. The number of amides is 2. The van der Waals surface area contributed by atoms with Crippen LogP contribution >= 0.6 is 0 Å². The van der Waals surface area contributed by atoms with Crippen molar-refractivity contribution in [1.82, 2.24) is 0 Å². The third-order valence-corrected chi connectivity index (χ3v) is 5.07. The first-order valence-electron chi connectivity index (χ1n) is 7.99. The van der Waals surface area contributed by atoms with Gasteiger partial charge >= 0.3 is 0 Å². The maximum Gasteiger partial charge on any atom is 0.262 e. The number of anilines is 3. The molecule has 0 aromatic heterocycles. The van der Waals surface area contributed by atoms with Crippen molar-refractivity contribution in [2.24, 2.45) is 0 Å². The molecule has 2 rings (SSSR count). The fourth-order valence-corrected chi connectivity index (χ4v) is 3.77.